The second kappa shape index (κ2) is 6.76. The Bertz CT molecular complexity index is 559. The van der Waals surface area contributed by atoms with E-state index in [4.69, 9.17) is 22.1 Å². The average Bonchev–Trinajstić information content (AvgIpc) is 2.37. The third kappa shape index (κ3) is 4.94. The predicted octanol–water partition coefficient (Wildman–Crippen LogP) is 2.26. The predicted molar refractivity (Wildman–Crippen MR) is 81.3 cm³/mol. The number of hydrogen-bond acceptors (Lipinski definition) is 4. The second-order valence-electron chi connectivity index (χ2n) is 5.41. The van der Waals surface area contributed by atoms with Crippen LogP contribution in [-0.4, -0.2) is 28.7 Å². The fourth-order valence-corrected chi connectivity index (χ4v) is 3.03. The lowest BCUT2D eigenvalue weighted by Crippen LogP contribution is -2.34. The van der Waals surface area contributed by atoms with Gasteiger partial charge in [0, 0.05) is 20.3 Å². The van der Waals surface area contributed by atoms with Gasteiger partial charge in [0.15, 0.2) is 0 Å². The van der Waals surface area contributed by atoms with Crippen molar-refractivity contribution in [2.24, 2.45) is 5.41 Å². The van der Waals surface area contributed by atoms with Crippen LogP contribution in [0.5, 0.6) is 0 Å². The average molecular weight is 321 g/mol. The van der Waals surface area contributed by atoms with Crippen molar-refractivity contribution in [3.8, 4) is 0 Å². The number of sulfonamides is 1. The molecule has 0 bridgehead atoms. The van der Waals surface area contributed by atoms with Gasteiger partial charge in [0.2, 0.25) is 10.0 Å². The minimum absolute atomic E-state index is 0.110. The number of hydrogen-bond donors (Lipinski definition) is 2. The van der Waals surface area contributed by atoms with Gasteiger partial charge >= 0.3 is 0 Å². The molecule has 0 atom stereocenters. The zero-order valence-electron chi connectivity index (χ0n) is 11.9. The largest absolute Gasteiger partial charge is 0.398 e. The first kappa shape index (κ1) is 17.2. The summed E-state index contributed by atoms with van der Waals surface area (Å²) in [5.74, 6) is 0. The van der Waals surface area contributed by atoms with E-state index in [1.807, 2.05) is 13.8 Å². The van der Waals surface area contributed by atoms with Crippen LogP contribution in [0.2, 0.25) is 5.02 Å². The van der Waals surface area contributed by atoms with Gasteiger partial charge < -0.3 is 10.5 Å². The van der Waals surface area contributed by atoms with Crippen LogP contribution in [0.25, 0.3) is 0 Å². The molecule has 1 rings (SSSR count). The van der Waals surface area contributed by atoms with Crippen molar-refractivity contribution in [1.82, 2.24) is 4.72 Å². The van der Waals surface area contributed by atoms with E-state index in [1.165, 1.54) is 18.2 Å². The molecule has 1 aromatic rings. The quantitative estimate of drug-likeness (QED) is 0.755. The van der Waals surface area contributed by atoms with Gasteiger partial charge in [0.05, 0.1) is 15.6 Å². The van der Waals surface area contributed by atoms with Crippen molar-refractivity contribution >= 4 is 27.3 Å². The SMILES string of the molecule is COCCC(C)(C)CNS(=O)(=O)c1ccc(N)c(Cl)c1. The Kier molecular flexibility index (Phi) is 5.82. The van der Waals surface area contributed by atoms with Crippen molar-refractivity contribution in [3.63, 3.8) is 0 Å². The third-order valence-electron chi connectivity index (χ3n) is 3.01. The highest BCUT2D eigenvalue weighted by Crippen LogP contribution is 2.24. The zero-order chi connectivity index (χ0) is 15.4. The van der Waals surface area contributed by atoms with Crippen LogP contribution in [0.15, 0.2) is 23.1 Å². The summed E-state index contributed by atoms with van der Waals surface area (Å²) in [6, 6.07) is 4.26. The number of methoxy groups -OCH3 is 1. The standard InChI is InChI=1S/C13H21ClN2O3S/c1-13(2,6-7-19-3)9-16-20(17,18)10-4-5-12(15)11(14)8-10/h4-5,8,16H,6-7,9,15H2,1-3H3. The Morgan fingerprint density at radius 3 is 2.60 bits per heavy atom. The molecule has 114 valence electrons. The molecule has 0 heterocycles. The van der Waals surface area contributed by atoms with E-state index >= 15 is 0 Å². The van der Waals surface area contributed by atoms with E-state index in [0.29, 0.717) is 18.8 Å². The molecule has 0 unspecified atom stereocenters. The summed E-state index contributed by atoms with van der Waals surface area (Å²) < 4.78 is 32.0. The summed E-state index contributed by atoms with van der Waals surface area (Å²) >= 11 is 5.84. The number of anilines is 1. The first-order valence-corrected chi connectivity index (χ1v) is 8.08. The first-order chi connectivity index (χ1) is 9.18. The van der Waals surface area contributed by atoms with Gasteiger partial charge in [-0.05, 0) is 30.0 Å². The maximum Gasteiger partial charge on any atom is 0.240 e. The molecule has 7 heteroatoms. The highest BCUT2D eigenvalue weighted by Gasteiger charge is 2.22. The Hall–Kier alpha value is -0.820. The van der Waals surface area contributed by atoms with E-state index in [1.54, 1.807) is 7.11 Å². The van der Waals surface area contributed by atoms with E-state index in [2.05, 4.69) is 4.72 Å². The fourth-order valence-electron chi connectivity index (χ4n) is 1.52. The lowest BCUT2D eigenvalue weighted by atomic mass is 9.90. The molecule has 20 heavy (non-hydrogen) atoms. The molecule has 0 amide bonds. The molecule has 5 nitrogen and oxygen atoms in total. The fraction of sp³-hybridized carbons (Fsp3) is 0.538. The van der Waals surface area contributed by atoms with Gasteiger partial charge in [-0.25, -0.2) is 13.1 Å². The number of nitrogens with one attached hydrogen (secondary N) is 1. The minimum Gasteiger partial charge on any atom is -0.398 e. The van der Waals surface area contributed by atoms with Crippen molar-refractivity contribution in [2.45, 2.75) is 25.2 Å². The summed E-state index contributed by atoms with van der Waals surface area (Å²) in [7, 11) is -1.97. The number of ether oxygens (including phenoxy) is 1. The number of halogens is 1. The molecule has 0 saturated heterocycles. The Balaban J connectivity index is 2.77. The van der Waals surface area contributed by atoms with Crippen LogP contribution >= 0.6 is 11.6 Å². The van der Waals surface area contributed by atoms with Gasteiger partial charge in [-0.2, -0.15) is 0 Å². The van der Waals surface area contributed by atoms with E-state index in [9.17, 15) is 8.42 Å². The molecular formula is C13H21ClN2O3S. The van der Waals surface area contributed by atoms with Crippen molar-refractivity contribution in [3.05, 3.63) is 23.2 Å². The Morgan fingerprint density at radius 1 is 1.40 bits per heavy atom. The molecule has 0 aliphatic carbocycles. The topological polar surface area (TPSA) is 81.4 Å². The number of nitrogen functional groups attached to an aromatic ring is 1. The van der Waals surface area contributed by atoms with Crippen LogP contribution in [0.1, 0.15) is 20.3 Å². The maximum atomic E-state index is 12.2. The highest BCUT2D eigenvalue weighted by molar-refractivity contribution is 7.89. The molecule has 0 aromatic heterocycles. The highest BCUT2D eigenvalue weighted by atomic mass is 35.5. The first-order valence-electron chi connectivity index (χ1n) is 6.21. The molecule has 0 aliphatic heterocycles. The Morgan fingerprint density at radius 2 is 2.05 bits per heavy atom. The molecule has 3 N–H and O–H groups in total. The van der Waals surface area contributed by atoms with E-state index in [-0.39, 0.29) is 15.3 Å². The van der Waals surface area contributed by atoms with Crippen LogP contribution < -0.4 is 10.5 Å². The summed E-state index contributed by atoms with van der Waals surface area (Å²) in [5, 5.41) is 0.228. The summed E-state index contributed by atoms with van der Waals surface area (Å²) in [6.07, 6.45) is 0.758. The van der Waals surface area contributed by atoms with Gasteiger partial charge in [-0.3, -0.25) is 0 Å². The number of rotatable bonds is 7. The van der Waals surface area contributed by atoms with Crippen molar-refractivity contribution in [2.75, 3.05) is 26.0 Å². The molecule has 0 saturated carbocycles. The summed E-state index contributed by atoms with van der Waals surface area (Å²) in [4.78, 5) is 0.110. The Labute approximate surface area is 125 Å². The van der Waals surface area contributed by atoms with Crippen LogP contribution in [0.4, 0.5) is 5.69 Å². The third-order valence-corrected chi connectivity index (χ3v) is 4.73. The van der Waals surface area contributed by atoms with Crippen LogP contribution in [-0.2, 0) is 14.8 Å². The zero-order valence-corrected chi connectivity index (χ0v) is 13.5. The molecular weight excluding hydrogens is 300 g/mol. The van der Waals surface area contributed by atoms with E-state index < -0.39 is 10.0 Å². The number of nitrogens with two attached hydrogens (primary N) is 1. The van der Waals surface area contributed by atoms with Crippen LogP contribution in [0, 0.1) is 5.41 Å². The molecule has 0 spiro atoms. The molecule has 0 fully saturated rings. The molecule has 0 radical (unpaired) electrons. The van der Waals surface area contributed by atoms with Gasteiger partial charge in [-0.1, -0.05) is 25.4 Å². The van der Waals surface area contributed by atoms with Crippen LogP contribution in [0.3, 0.4) is 0 Å². The summed E-state index contributed by atoms with van der Waals surface area (Å²) in [6.45, 7) is 4.86. The molecule has 0 aliphatic rings. The second-order valence-corrected chi connectivity index (χ2v) is 7.59. The lowest BCUT2D eigenvalue weighted by molar-refractivity contribution is 0.153. The van der Waals surface area contributed by atoms with Gasteiger partial charge in [-0.15, -0.1) is 0 Å². The van der Waals surface area contributed by atoms with E-state index in [0.717, 1.165) is 6.42 Å². The van der Waals surface area contributed by atoms with Crippen molar-refractivity contribution < 1.29 is 13.2 Å². The summed E-state index contributed by atoms with van der Waals surface area (Å²) in [5.41, 5.74) is 5.73. The molecule has 1 aromatic carbocycles. The minimum atomic E-state index is -3.59. The van der Waals surface area contributed by atoms with Crippen molar-refractivity contribution in [1.29, 1.82) is 0 Å². The lowest BCUT2D eigenvalue weighted by Gasteiger charge is -2.24. The van der Waals surface area contributed by atoms with Gasteiger partial charge in [0.1, 0.15) is 0 Å². The number of benzene rings is 1. The monoisotopic (exact) mass is 320 g/mol. The maximum absolute atomic E-state index is 12.2. The smallest absolute Gasteiger partial charge is 0.240 e. The van der Waals surface area contributed by atoms with Gasteiger partial charge in [0.25, 0.3) is 0 Å². The normalized spacial score (nSPS) is 12.6.